The second-order valence-electron chi connectivity index (χ2n) is 32.4. The molecule has 136 heavy (non-hydrogen) atoms. The van der Waals surface area contributed by atoms with Crippen LogP contribution < -0.4 is 29.6 Å². The van der Waals surface area contributed by atoms with Gasteiger partial charge in [0.2, 0.25) is 0 Å². The van der Waals surface area contributed by atoms with E-state index in [0.29, 0.717) is 49.2 Å². The van der Waals surface area contributed by atoms with Gasteiger partial charge in [-0.25, -0.2) is 14.4 Å². The number of unbranched alkanes of at least 4 members (excludes halogenated alkanes) is 4. The highest BCUT2D eigenvalue weighted by atomic mass is 79.9. The van der Waals surface area contributed by atoms with Gasteiger partial charge in [-0.2, -0.15) is 0 Å². The van der Waals surface area contributed by atoms with E-state index < -0.39 is 39.9 Å². The first-order valence-electron chi connectivity index (χ1n) is 44.9. The van der Waals surface area contributed by atoms with E-state index in [1.54, 1.807) is 42.5 Å². The number of allylic oxidation sites excluding steroid dienone is 9. The summed E-state index contributed by atoms with van der Waals surface area (Å²) in [6.45, 7) is 93.4. The average molecular weight is 2110 g/mol. The minimum Gasteiger partial charge on any atom is -0.507 e. The Morgan fingerprint density at radius 2 is 0.949 bits per heavy atom. The summed E-state index contributed by atoms with van der Waals surface area (Å²) in [7, 11) is -3.16. The molecule has 5 aromatic carbocycles. The van der Waals surface area contributed by atoms with Crippen molar-refractivity contribution in [1.29, 1.82) is 0 Å². The number of hydrogen-bond donors (Lipinski definition) is 3. The molecule has 1 aromatic heterocycles. The fraction of sp³-hybridized carbons (Fsp3) is 0.339. The predicted octanol–water partition coefficient (Wildman–Crippen LogP) is 31.5. The van der Waals surface area contributed by atoms with Gasteiger partial charge < -0.3 is 57.8 Å². The van der Waals surface area contributed by atoms with E-state index in [9.17, 15) is 19.5 Å². The summed E-state index contributed by atoms with van der Waals surface area (Å²) in [5.41, 5.74) is 12.7. The molecule has 3 N–H and O–H groups in total. The summed E-state index contributed by atoms with van der Waals surface area (Å²) >= 11 is 15.4. The van der Waals surface area contributed by atoms with Crippen LogP contribution in [0, 0.1) is 17.8 Å². The maximum Gasteiger partial charge on any atom is 0.408 e. The van der Waals surface area contributed by atoms with Crippen LogP contribution in [0.15, 0.2) is 330 Å². The third-order valence-corrected chi connectivity index (χ3v) is 26.8. The Kier molecular flexibility index (Phi) is 73.6. The standard InChI is InChI=1S/C30H38N2O4.C12H15N3O3.C12H18.C10H10.C9H7Br3O.C9H10O.C8H18OSi2.C6H8O3.2C6H12.C4H7Cl/c1-21(2)23-13-11-15-25(19-23)29(5,6)31-27(33)35-17-9-10-18-36-28(34)32-30(7,8)26-16-12-14-24(20-26)22(3)4;1-4-7-16-10-13-11(17-8-5-2)15-12(14-10)18-9-6-3;1-4-10-7-8-11(5-2)12(6-3)9-10;1-3-9-5-7-10(4-2)8-6-9;1-2-3-13-9-7(11)4-6(10)5-8(9)12;1-2-5-8-6-3-4-7-9(8)10;1-7-10(3,4)9-11(5,6)8-2;1-2-6(7)9-4-5-3-8-5;2*1-3-5-6-4-2;1-4(2)3-5/h9-16,19-20H,1,3,17-18H2,2,4-8H3,(H,31,33)(H,32,34);4-6H,1-3,7-9H2;4-6,10-12H,1-3,7-9H2;3-8H,1-2H2;2,4-5H,1,3H2;2-7,10H,1H3;7-8H,1-2H2,3-6H3;2,5H,1,3-4H2;2*3H,1,4-6H2,2H3;1,3H2,2H3/b10-9-;;;;;5-2+;;;;;. The Morgan fingerprint density at radius 3 is 1.26 bits per heavy atom. The fourth-order valence-electron chi connectivity index (χ4n) is 10.7. The van der Waals surface area contributed by atoms with Gasteiger partial charge in [0.15, 0.2) is 16.6 Å². The summed E-state index contributed by atoms with van der Waals surface area (Å²) in [5.74, 6) is 3.30. The number of rotatable bonds is 42. The monoisotopic (exact) mass is 2110 g/mol. The Labute approximate surface area is 849 Å². The molecule has 4 atom stereocenters. The maximum absolute atomic E-state index is 12.3. The highest BCUT2D eigenvalue weighted by molar-refractivity contribution is 9.11. The predicted molar refractivity (Wildman–Crippen MR) is 595 cm³/mol. The number of phenolic OH excluding ortho intramolecular Hbond substituents is 1. The lowest BCUT2D eigenvalue weighted by atomic mass is 9.74. The molecule has 6 aromatic rings. The van der Waals surface area contributed by atoms with E-state index in [-0.39, 0.29) is 63.1 Å². The number of hydrogen-bond acceptors (Lipinski definition) is 16. The summed E-state index contributed by atoms with van der Waals surface area (Å²) in [4.78, 5) is 46.7. The molecule has 0 spiro atoms. The molecule has 1 saturated carbocycles. The highest BCUT2D eigenvalue weighted by Crippen LogP contribution is 2.38. The number of alkyl carbamates (subject to hydrolysis) is 2. The smallest absolute Gasteiger partial charge is 0.408 e. The molecule has 742 valence electrons. The first-order valence-corrected chi connectivity index (χ1v) is 53.8. The second kappa shape index (κ2) is 77.3. The van der Waals surface area contributed by atoms with Crippen LogP contribution in [0.25, 0.3) is 29.4 Å². The first-order chi connectivity index (χ1) is 64.5. The number of amides is 2. The molecule has 24 heteroatoms. The second-order valence-corrected chi connectivity index (χ2v) is 43.3. The number of para-hydroxylation sites is 1. The fourth-order valence-corrected chi connectivity index (χ4v) is 19.2. The van der Waals surface area contributed by atoms with Crippen LogP contribution in [-0.4, -0.2) is 120 Å². The minimum absolute atomic E-state index is 0.0535. The number of alkyl halides is 1. The van der Waals surface area contributed by atoms with E-state index in [1.165, 1.54) is 57.8 Å². The third kappa shape index (κ3) is 64.3. The molecule has 2 heterocycles. The van der Waals surface area contributed by atoms with E-state index in [2.05, 4.69) is 248 Å². The van der Waals surface area contributed by atoms with Gasteiger partial charge in [0.05, 0.1) is 26.6 Å². The van der Waals surface area contributed by atoms with Crippen molar-refractivity contribution >= 4 is 124 Å². The number of nitrogens with one attached hydrogen (secondary N) is 2. The van der Waals surface area contributed by atoms with E-state index >= 15 is 0 Å². The van der Waals surface area contributed by atoms with E-state index in [1.807, 2.05) is 206 Å². The van der Waals surface area contributed by atoms with Gasteiger partial charge in [-0.05, 0) is 239 Å². The lowest BCUT2D eigenvalue weighted by Gasteiger charge is -2.31. The molecule has 0 radical (unpaired) electrons. The van der Waals surface area contributed by atoms with Gasteiger partial charge in [-0.1, -0.05) is 307 Å². The molecule has 1 saturated heterocycles. The van der Waals surface area contributed by atoms with Crippen LogP contribution in [0.5, 0.6) is 29.5 Å². The van der Waals surface area contributed by atoms with Crippen molar-refractivity contribution in [2.24, 2.45) is 17.8 Å². The van der Waals surface area contributed by atoms with Gasteiger partial charge in [-0.3, -0.25) is 0 Å². The number of nitrogens with zero attached hydrogens (tertiary/aromatic N) is 3. The zero-order valence-electron chi connectivity index (χ0n) is 83.5. The quantitative estimate of drug-likeness (QED) is 0.00474. The molecule has 2 amide bonds. The number of epoxide rings is 1. The van der Waals surface area contributed by atoms with E-state index in [0.717, 1.165) is 80.9 Å². The topological polar surface area (TPSA) is 221 Å². The lowest BCUT2D eigenvalue weighted by molar-refractivity contribution is -0.138. The zero-order chi connectivity index (χ0) is 104. The minimum atomic E-state index is -1.58. The number of esters is 1. The summed E-state index contributed by atoms with van der Waals surface area (Å²) in [5, 5.41) is 14.9. The maximum atomic E-state index is 12.3. The van der Waals surface area contributed by atoms with Crippen molar-refractivity contribution in [3.05, 3.63) is 369 Å². The Hall–Kier alpha value is -10.7. The molecular formula is C112H155Br3ClN5O13Si2. The molecule has 1 aliphatic carbocycles. The molecule has 2 aliphatic rings. The third-order valence-electron chi connectivity index (χ3n) is 18.5. The summed E-state index contributed by atoms with van der Waals surface area (Å²) < 4.78 is 49.7. The van der Waals surface area contributed by atoms with Gasteiger partial charge >= 0.3 is 36.2 Å². The van der Waals surface area contributed by atoms with Gasteiger partial charge in [0, 0.05) is 22.0 Å². The largest absolute Gasteiger partial charge is 0.507 e. The van der Waals surface area contributed by atoms with Crippen LogP contribution in [0.2, 0.25) is 26.2 Å². The molecular weight excluding hydrogens is 1950 g/mol. The van der Waals surface area contributed by atoms with Crippen molar-refractivity contribution in [3.8, 4) is 29.5 Å². The van der Waals surface area contributed by atoms with Crippen LogP contribution >= 0.6 is 59.4 Å². The molecule has 18 nitrogen and oxygen atoms in total. The molecule has 0 bridgehead atoms. The summed E-state index contributed by atoms with van der Waals surface area (Å²) in [6.07, 6.45) is 38.7. The molecule has 2 fully saturated rings. The first kappa shape index (κ1) is 129. The van der Waals surface area contributed by atoms with Crippen LogP contribution in [0.1, 0.15) is 166 Å². The van der Waals surface area contributed by atoms with Gasteiger partial charge in [0.1, 0.15) is 63.9 Å². The number of ether oxygens (including phenoxy) is 8. The Bertz CT molecular complexity index is 4480. The molecule has 1 aliphatic heterocycles. The van der Waals surface area contributed by atoms with Gasteiger partial charge in [0.25, 0.3) is 0 Å². The molecule has 4 unspecified atom stereocenters. The Morgan fingerprint density at radius 1 is 0.544 bits per heavy atom. The number of carbonyl (C=O) groups is 3. The van der Waals surface area contributed by atoms with Crippen molar-refractivity contribution < 1.29 is 61.5 Å². The number of benzene rings is 5. The van der Waals surface area contributed by atoms with Crippen LogP contribution in [-0.2, 0) is 38.9 Å². The molecule has 8 rings (SSSR count). The zero-order valence-corrected chi connectivity index (χ0v) is 91.1. The van der Waals surface area contributed by atoms with Crippen LogP contribution in [0.4, 0.5) is 9.59 Å². The number of aromatic hydroxyl groups is 1. The number of carbonyl (C=O) groups excluding carboxylic acids is 3. The highest BCUT2D eigenvalue weighted by Gasteiger charge is 2.30. The normalized spacial score (nSPS) is 13.3. The van der Waals surface area contributed by atoms with Crippen molar-refractivity contribution in [2.75, 3.05) is 58.7 Å². The Balaban J connectivity index is -0.00000152. The number of phenols is 1. The average Bonchev–Trinajstić information content (AvgIpc) is 0.956. The SMILES string of the molecule is C/C=C/c1ccccc1O.C=C(C)CCl.C=C(C)c1cccc(C(C)(C)NC(=O)OC/C=C\COC(=O)NC(C)(C)c2cccc(C(=C)C)c2)c1.C=CC(=O)OCC1CO1.C=CC1CCC(C=C)C(C=C)C1.C=CCCCC.C=CCCCC.C=CCOc1c(Br)cc(Br)cc1Br.C=CCOc1nc(OCC=C)nc(OCC=C)n1.C=C[Si](C)(C)O[Si](C)(C)C=C.C=Cc1ccc(C=C)cc1. The summed E-state index contributed by atoms with van der Waals surface area (Å²) in [6, 6.07) is 35.3. The number of halogens is 4. The van der Waals surface area contributed by atoms with Crippen LogP contribution in [0.3, 0.4) is 0 Å². The van der Waals surface area contributed by atoms with Crippen molar-refractivity contribution in [3.63, 3.8) is 0 Å². The van der Waals surface area contributed by atoms with Gasteiger partial charge in [-0.15, -0.1) is 72.6 Å². The van der Waals surface area contributed by atoms with E-state index in [4.69, 9.17) is 48.9 Å². The lowest BCUT2D eigenvalue weighted by Crippen LogP contribution is -2.41. The van der Waals surface area contributed by atoms with Crippen molar-refractivity contribution in [1.82, 2.24) is 25.6 Å². The van der Waals surface area contributed by atoms with Crippen molar-refractivity contribution in [2.45, 2.75) is 170 Å². The number of aromatic nitrogens is 3.